The SMILES string of the molecule is COC(=O)c1nc(NCCc2cnc[nH]2)sc1C(C)=O. The molecule has 2 heterocycles. The van der Waals surface area contributed by atoms with E-state index < -0.39 is 5.97 Å². The Balaban J connectivity index is 2.04. The number of thiazole rings is 1. The highest BCUT2D eigenvalue weighted by Gasteiger charge is 2.21. The second-order valence-corrected chi connectivity index (χ2v) is 5.00. The molecule has 2 rings (SSSR count). The van der Waals surface area contributed by atoms with Crippen molar-refractivity contribution in [1.29, 1.82) is 0 Å². The van der Waals surface area contributed by atoms with E-state index in [1.807, 2.05) is 0 Å². The van der Waals surface area contributed by atoms with Crippen LogP contribution in [0.3, 0.4) is 0 Å². The first-order valence-corrected chi connectivity index (χ1v) is 6.74. The van der Waals surface area contributed by atoms with Crippen molar-refractivity contribution < 1.29 is 14.3 Å². The molecule has 106 valence electrons. The Morgan fingerprint density at radius 2 is 2.30 bits per heavy atom. The number of hydrogen-bond acceptors (Lipinski definition) is 7. The number of aromatic amines is 1. The fourth-order valence-corrected chi connectivity index (χ4v) is 2.47. The molecule has 0 aliphatic heterocycles. The average molecular weight is 294 g/mol. The zero-order chi connectivity index (χ0) is 14.5. The highest BCUT2D eigenvalue weighted by molar-refractivity contribution is 7.17. The quantitative estimate of drug-likeness (QED) is 0.619. The number of aromatic nitrogens is 3. The summed E-state index contributed by atoms with van der Waals surface area (Å²) in [6, 6.07) is 0. The van der Waals surface area contributed by atoms with E-state index in [2.05, 4.69) is 25.0 Å². The van der Waals surface area contributed by atoms with Crippen molar-refractivity contribution in [2.24, 2.45) is 0 Å². The summed E-state index contributed by atoms with van der Waals surface area (Å²) >= 11 is 1.15. The molecule has 2 aromatic heterocycles. The number of esters is 1. The van der Waals surface area contributed by atoms with Crippen LogP contribution in [0.5, 0.6) is 0 Å². The standard InChI is InChI=1S/C12H14N4O3S/c1-7(17)10-9(11(18)19-2)16-12(20-10)14-4-3-8-5-13-6-15-8/h5-6H,3-4H2,1-2H3,(H,13,15)(H,14,16). The lowest BCUT2D eigenvalue weighted by Gasteiger charge is -1.99. The summed E-state index contributed by atoms with van der Waals surface area (Å²) in [5, 5.41) is 3.60. The van der Waals surface area contributed by atoms with Gasteiger partial charge < -0.3 is 15.0 Å². The Hall–Kier alpha value is -2.22. The number of nitrogens with one attached hydrogen (secondary N) is 2. The molecule has 0 fully saturated rings. The topological polar surface area (TPSA) is 97.0 Å². The van der Waals surface area contributed by atoms with Gasteiger partial charge >= 0.3 is 5.97 Å². The summed E-state index contributed by atoms with van der Waals surface area (Å²) in [5.41, 5.74) is 1.06. The summed E-state index contributed by atoms with van der Waals surface area (Å²) in [6.07, 6.45) is 4.09. The zero-order valence-electron chi connectivity index (χ0n) is 11.1. The van der Waals surface area contributed by atoms with Crippen LogP contribution < -0.4 is 5.32 Å². The third kappa shape index (κ3) is 3.21. The molecule has 0 atom stereocenters. The predicted octanol–water partition coefficient (Wildman–Crippen LogP) is 1.51. The summed E-state index contributed by atoms with van der Waals surface area (Å²) in [7, 11) is 1.26. The van der Waals surface area contributed by atoms with E-state index in [9.17, 15) is 9.59 Å². The van der Waals surface area contributed by atoms with Gasteiger partial charge in [0.15, 0.2) is 16.6 Å². The summed E-state index contributed by atoms with van der Waals surface area (Å²) in [5.74, 6) is -0.808. The first-order chi connectivity index (χ1) is 9.61. The third-order valence-corrected chi connectivity index (χ3v) is 3.66. The van der Waals surface area contributed by atoms with Crippen molar-refractivity contribution in [2.75, 3.05) is 19.0 Å². The van der Waals surface area contributed by atoms with Gasteiger partial charge in [0.2, 0.25) is 0 Å². The first-order valence-electron chi connectivity index (χ1n) is 5.93. The van der Waals surface area contributed by atoms with Gasteiger partial charge in [0.25, 0.3) is 0 Å². The summed E-state index contributed by atoms with van der Waals surface area (Å²) < 4.78 is 4.62. The average Bonchev–Trinajstić information content (AvgIpc) is 3.07. The highest BCUT2D eigenvalue weighted by Crippen LogP contribution is 2.24. The number of anilines is 1. The van der Waals surface area contributed by atoms with Crippen LogP contribution in [0.4, 0.5) is 5.13 Å². The molecule has 0 saturated carbocycles. The normalized spacial score (nSPS) is 10.3. The van der Waals surface area contributed by atoms with Gasteiger partial charge in [-0.2, -0.15) is 0 Å². The van der Waals surface area contributed by atoms with Crippen LogP contribution in [0.15, 0.2) is 12.5 Å². The molecule has 0 saturated heterocycles. The van der Waals surface area contributed by atoms with Gasteiger partial charge in [-0.3, -0.25) is 4.79 Å². The van der Waals surface area contributed by atoms with Crippen LogP contribution >= 0.6 is 11.3 Å². The monoisotopic (exact) mass is 294 g/mol. The maximum atomic E-state index is 11.5. The Bertz CT molecular complexity index is 606. The van der Waals surface area contributed by atoms with Gasteiger partial charge in [-0.1, -0.05) is 11.3 Å². The lowest BCUT2D eigenvalue weighted by Crippen LogP contribution is -2.08. The number of imidazole rings is 1. The van der Waals surface area contributed by atoms with Crippen LogP contribution in [0.25, 0.3) is 0 Å². The Kier molecular flexibility index (Phi) is 4.46. The molecule has 0 amide bonds. The van der Waals surface area contributed by atoms with Gasteiger partial charge in [0.05, 0.1) is 13.4 Å². The lowest BCUT2D eigenvalue weighted by atomic mass is 10.3. The minimum atomic E-state index is -0.604. The second-order valence-electron chi connectivity index (χ2n) is 4.00. The number of Topliss-reactive ketones (excluding diaryl/α,β-unsaturated/α-hetero) is 1. The summed E-state index contributed by atoms with van der Waals surface area (Å²) in [6.45, 7) is 2.02. The zero-order valence-corrected chi connectivity index (χ0v) is 11.9. The number of H-pyrrole nitrogens is 1. The molecule has 0 aromatic carbocycles. The number of hydrogen-bond donors (Lipinski definition) is 2. The lowest BCUT2D eigenvalue weighted by molar-refractivity contribution is 0.0591. The minimum absolute atomic E-state index is 0.0639. The number of methoxy groups -OCH3 is 1. The molecule has 2 aromatic rings. The highest BCUT2D eigenvalue weighted by atomic mass is 32.1. The van der Waals surface area contributed by atoms with E-state index in [1.165, 1.54) is 14.0 Å². The van der Waals surface area contributed by atoms with Crippen molar-refractivity contribution in [1.82, 2.24) is 15.0 Å². The number of carbonyl (C=O) groups is 2. The first kappa shape index (κ1) is 14.2. The number of ether oxygens (including phenoxy) is 1. The molecular weight excluding hydrogens is 280 g/mol. The molecule has 0 aliphatic carbocycles. The van der Waals surface area contributed by atoms with Gasteiger partial charge in [0.1, 0.15) is 4.88 Å². The van der Waals surface area contributed by atoms with E-state index >= 15 is 0 Å². The fraction of sp³-hybridized carbons (Fsp3) is 0.333. The van der Waals surface area contributed by atoms with Crippen LogP contribution in [0.1, 0.15) is 32.8 Å². The number of carbonyl (C=O) groups excluding carboxylic acids is 2. The van der Waals surface area contributed by atoms with Crippen molar-refractivity contribution in [3.63, 3.8) is 0 Å². The molecule has 20 heavy (non-hydrogen) atoms. The molecule has 8 heteroatoms. The molecule has 0 spiro atoms. The minimum Gasteiger partial charge on any atom is -0.464 e. The van der Waals surface area contributed by atoms with Gasteiger partial charge in [0, 0.05) is 31.8 Å². The third-order valence-electron chi connectivity index (χ3n) is 2.55. The largest absolute Gasteiger partial charge is 0.464 e. The van der Waals surface area contributed by atoms with Gasteiger partial charge in [-0.05, 0) is 0 Å². The predicted molar refractivity (Wildman–Crippen MR) is 74.2 cm³/mol. The van der Waals surface area contributed by atoms with Crippen molar-refractivity contribution in [2.45, 2.75) is 13.3 Å². The van der Waals surface area contributed by atoms with Crippen LogP contribution in [-0.2, 0) is 11.2 Å². The fourth-order valence-electron chi connectivity index (χ4n) is 1.59. The molecular formula is C12H14N4O3S. The number of nitrogens with zero attached hydrogens (tertiary/aromatic N) is 2. The summed E-state index contributed by atoms with van der Waals surface area (Å²) in [4.78, 5) is 34.3. The number of ketones is 1. The molecule has 0 aliphatic rings. The van der Waals surface area contributed by atoms with Crippen molar-refractivity contribution in [3.05, 3.63) is 28.8 Å². The van der Waals surface area contributed by atoms with E-state index in [-0.39, 0.29) is 11.5 Å². The maximum Gasteiger partial charge on any atom is 0.358 e. The molecule has 0 unspecified atom stereocenters. The van der Waals surface area contributed by atoms with E-state index in [0.717, 1.165) is 23.5 Å². The Labute approximate surface area is 119 Å². The van der Waals surface area contributed by atoms with E-state index in [4.69, 9.17) is 0 Å². The van der Waals surface area contributed by atoms with Crippen molar-refractivity contribution in [3.8, 4) is 0 Å². The van der Waals surface area contributed by atoms with Crippen LogP contribution in [0, 0.1) is 0 Å². The molecule has 0 radical (unpaired) electrons. The molecule has 7 nitrogen and oxygen atoms in total. The maximum absolute atomic E-state index is 11.5. The van der Waals surface area contributed by atoms with Gasteiger partial charge in [-0.25, -0.2) is 14.8 Å². The smallest absolute Gasteiger partial charge is 0.358 e. The Morgan fingerprint density at radius 3 is 2.90 bits per heavy atom. The number of rotatable bonds is 6. The van der Waals surface area contributed by atoms with Crippen LogP contribution in [-0.4, -0.2) is 40.4 Å². The Morgan fingerprint density at radius 1 is 1.50 bits per heavy atom. The van der Waals surface area contributed by atoms with Crippen molar-refractivity contribution >= 4 is 28.2 Å². The van der Waals surface area contributed by atoms with E-state index in [1.54, 1.807) is 12.5 Å². The van der Waals surface area contributed by atoms with Crippen LogP contribution in [0.2, 0.25) is 0 Å². The van der Waals surface area contributed by atoms with E-state index in [0.29, 0.717) is 16.6 Å². The molecule has 2 N–H and O–H groups in total. The van der Waals surface area contributed by atoms with Gasteiger partial charge in [-0.15, -0.1) is 0 Å². The second kappa shape index (κ2) is 6.29. The molecule has 0 bridgehead atoms.